The average molecular weight is 262 g/mol. The fourth-order valence-corrected chi connectivity index (χ4v) is 2.64. The van der Waals surface area contributed by atoms with Crippen molar-refractivity contribution in [2.24, 2.45) is 11.1 Å². The zero-order chi connectivity index (χ0) is 13.6. The molecule has 0 aromatic heterocycles. The Morgan fingerprint density at radius 3 is 2.53 bits per heavy atom. The number of benzene rings is 1. The maximum absolute atomic E-state index is 5.85. The van der Waals surface area contributed by atoms with E-state index < -0.39 is 0 Å². The summed E-state index contributed by atoms with van der Waals surface area (Å²) < 4.78 is 5.44. The van der Waals surface area contributed by atoms with E-state index >= 15 is 0 Å². The summed E-state index contributed by atoms with van der Waals surface area (Å²) in [5, 5.41) is 3.56. The van der Waals surface area contributed by atoms with Crippen molar-refractivity contribution in [2.45, 2.75) is 32.6 Å². The molecule has 106 valence electrons. The molecule has 0 spiro atoms. The number of nitrogens with two attached hydrogens (primary N) is 1. The van der Waals surface area contributed by atoms with Crippen LogP contribution in [0.5, 0.6) is 5.75 Å². The highest BCUT2D eigenvalue weighted by molar-refractivity contribution is 5.27. The van der Waals surface area contributed by atoms with E-state index in [1.165, 1.54) is 24.8 Å². The Bertz CT molecular complexity index is 365. The van der Waals surface area contributed by atoms with Crippen LogP contribution in [-0.4, -0.2) is 26.2 Å². The largest absolute Gasteiger partial charge is 0.494 e. The van der Waals surface area contributed by atoms with E-state index in [-0.39, 0.29) is 0 Å². The number of ether oxygens (including phenoxy) is 1. The van der Waals surface area contributed by atoms with Gasteiger partial charge in [-0.1, -0.05) is 18.6 Å². The molecular formula is C16H26N2O. The lowest BCUT2D eigenvalue weighted by Gasteiger charge is -2.41. The van der Waals surface area contributed by atoms with Crippen molar-refractivity contribution in [2.75, 3.05) is 26.2 Å². The van der Waals surface area contributed by atoms with E-state index in [2.05, 4.69) is 17.4 Å². The second-order valence-corrected chi connectivity index (χ2v) is 5.56. The maximum atomic E-state index is 5.85. The van der Waals surface area contributed by atoms with Gasteiger partial charge in [0.2, 0.25) is 0 Å². The van der Waals surface area contributed by atoms with Gasteiger partial charge in [-0.2, -0.15) is 0 Å². The first kappa shape index (κ1) is 14.4. The van der Waals surface area contributed by atoms with Crippen molar-refractivity contribution >= 4 is 0 Å². The van der Waals surface area contributed by atoms with E-state index in [1.807, 2.05) is 19.1 Å². The van der Waals surface area contributed by atoms with Gasteiger partial charge in [-0.3, -0.25) is 0 Å². The lowest BCUT2D eigenvalue weighted by atomic mass is 9.69. The van der Waals surface area contributed by atoms with E-state index in [1.54, 1.807) is 0 Å². The smallest absolute Gasteiger partial charge is 0.119 e. The van der Waals surface area contributed by atoms with Crippen LogP contribution in [-0.2, 0) is 6.42 Å². The highest BCUT2D eigenvalue weighted by Crippen LogP contribution is 2.38. The molecule has 3 N–H and O–H groups in total. The number of rotatable bonds is 8. The van der Waals surface area contributed by atoms with Gasteiger partial charge >= 0.3 is 0 Å². The predicted molar refractivity (Wildman–Crippen MR) is 79.5 cm³/mol. The van der Waals surface area contributed by atoms with E-state index in [9.17, 15) is 0 Å². The highest BCUT2D eigenvalue weighted by atomic mass is 16.5. The van der Waals surface area contributed by atoms with Crippen LogP contribution < -0.4 is 15.8 Å². The average Bonchev–Trinajstić information content (AvgIpc) is 2.39. The Hall–Kier alpha value is -1.06. The summed E-state index contributed by atoms with van der Waals surface area (Å²) in [6.07, 6.45) is 4.99. The van der Waals surface area contributed by atoms with Gasteiger partial charge in [0, 0.05) is 6.54 Å². The third-order valence-corrected chi connectivity index (χ3v) is 4.17. The fraction of sp³-hybridized carbons (Fsp3) is 0.625. The predicted octanol–water partition coefficient (Wildman–Crippen LogP) is 2.35. The van der Waals surface area contributed by atoms with Crippen LogP contribution in [0.2, 0.25) is 0 Å². The Morgan fingerprint density at radius 1 is 1.26 bits per heavy atom. The van der Waals surface area contributed by atoms with E-state index in [0.717, 1.165) is 38.4 Å². The first-order chi connectivity index (χ1) is 9.28. The van der Waals surface area contributed by atoms with Crippen molar-refractivity contribution in [3.05, 3.63) is 29.8 Å². The molecule has 2 rings (SSSR count). The zero-order valence-corrected chi connectivity index (χ0v) is 12.0. The molecule has 1 aromatic carbocycles. The van der Waals surface area contributed by atoms with Crippen molar-refractivity contribution in [1.82, 2.24) is 5.32 Å². The second-order valence-electron chi connectivity index (χ2n) is 5.56. The van der Waals surface area contributed by atoms with Gasteiger partial charge in [0.1, 0.15) is 5.75 Å². The maximum Gasteiger partial charge on any atom is 0.119 e. The zero-order valence-electron chi connectivity index (χ0n) is 12.0. The van der Waals surface area contributed by atoms with Gasteiger partial charge in [0.15, 0.2) is 0 Å². The summed E-state index contributed by atoms with van der Waals surface area (Å²) in [6, 6.07) is 8.39. The molecule has 0 amide bonds. The molecule has 19 heavy (non-hydrogen) atoms. The van der Waals surface area contributed by atoms with Crippen LogP contribution >= 0.6 is 0 Å². The summed E-state index contributed by atoms with van der Waals surface area (Å²) in [7, 11) is 0. The first-order valence-electron chi connectivity index (χ1n) is 7.40. The Morgan fingerprint density at radius 2 is 2.00 bits per heavy atom. The molecule has 1 fully saturated rings. The molecule has 1 saturated carbocycles. The van der Waals surface area contributed by atoms with Crippen LogP contribution in [0.15, 0.2) is 24.3 Å². The summed E-state index contributed by atoms with van der Waals surface area (Å²) in [4.78, 5) is 0. The summed E-state index contributed by atoms with van der Waals surface area (Å²) >= 11 is 0. The molecule has 1 aromatic rings. The van der Waals surface area contributed by atoms with Crippen LogP contribution in [0.1, 0.15) is 31.7 Å². The molecule has 1 aliphatic rings. The quantitative estimate of drug-likeness (QED) is 0.707. The molecule has 3 heteroatoms. The van der Waals surface area contributed by atoms with Gasteiger partial charge in [-0.25, -0.2) is 0 Å². The van der Waals surface area contributed by atoms with Crippen LogP contribution in [0.3, 0.4) is 0 Å². The van der Waals surface area contributed by atoms with Crippen LogP contribution in [0.4, 0.5) is 0 Å². The molecule has 1 aliphatic carbocycles. The molecule has 0 heterocycles. The Balaban J connectivity index is 1.67. The summed E-state index contributed by atoms with van der Waals surface area (Å²) in [6.45, 7) is 5.65. The Kier molecular flexibility index (Phi) is 5.23. The topological polar surface area (TPSA) is 47.3 Å². The Labute approximate surface area is 116 Å². The van der Waals surface area contributed by atoms with Gasteiger partial charge < -0.3 is 15.8 Å². The summed E-state index contributed by atoms with van der Waals surface area (Å²) in [5.41, 5.74) is 7.61. The minimum Gasteiger partial charge on any atom is -0.494 e. The highest BCUT2D eigenvalue weighted by Gasteiger charge is 2.34. The minimum absolute atomic E-state index is 0.402. The standard InChI is InChI=1S/C16H26N2O/c1-2-19-15-6-4-14(5-7-15)8-11-18-13-16(12-17)9-3-10-16/h4-7,18H,2-3,8-13,17H2,1H3. The third-order valence-electron chi connectivity index (χ3n) is 4.17. The SMILES string of the molecule is CCOc1ccc(CCNCC2(CN)CCC2)cc1. The number of nitrogens with one attached hydrogen (secondary N) is 1. The van der Waals surface area contributed by atoms with Crippen LogP contribution in [0, 0.1) is 5.41 Å². The monoisotopic (exact) mass is 262 g/mol. The molecule has 0 saturated heterocycles. The van der Waals surface area contributed by atoms with Gasteiger partial charge in [0.25, 0.3) is 0 Å². The fourth-order valence-electron chi connectivity index (χ4n) is 2.64. The number of hydrogen-bond acceptors (Lipinski definition) is 3. The molecule has 0 atom stereocenters. The lowest BCUT2D eigenvalue weighted by Crippen LogP contribution is -2.45. The normalized spacial score (nSPS) is 16.9. The molecule has 0 bridgehead atoms. The molecule has 0 radical (unpaired) electrons. The van der Waals surface area contributed by atoms with Gasteiger partial charge in [-0.05, 0) is 62.4 Å². The van der Waals surface area contributed by atoms with E-state index in [4.69, 9.17) is 10.5 Å². The summed E-state index contributed by atoms with van der Waals surface area (Å²) in [5.74, 6) is 0.954. The van der Waals surface area contributed by atoms with Gasteiger partial charge in [-0.15, -0.1) is 0 Å². The van der Waals surface area contributed by atoms with E-state index in [0.29, 0.717) is 5.41 Å². The first-order valence-corrected chi connectivity index (χ1v) is 7.40. The van der Waals surface area contributed by atoms with Crippen molar-refractivity contribution in [1.29, 1.82) is 0 Å². The molecule has 0 aliphatic heterocycles. The molecule has 0 unspecified atom stereocenters. The van der Waals surface area contributed by atoms with Crippen LogP contribution in [0.25, 0.3) is 0 Å². The van der Waals surface area contributed by atoms with Crippen molar-refractivity contribution in [3.63, 3.8) is 0 Å². The molecule has 3 nitrogen and oxygen atoms in total. The van der Waals surface area contributed by atoms with Crippen molar-refractivity contribution < 1.29 is 4.74 Å². The third kappa shape index (κ3) is 3.95. The van der Waals surface area contributed by atoms with Crippen molar-refractivity contribution in [3.8, 4) is 5.75 Å². The lowest BCUT2D eigenvalue weighted by molar-refractivity contribution is 0.141. The second kappa shape index (κ2) is 6.92. The number of hydrogen-bond donors (Lipinski definition) is 2. The minimum atomic E-state index is 0.402. The van der Waals surface area contributed by atoms with Gasteiger partial charge in [0.05, 0.1) is 6.61 Å². The molecular weight excluding hydrogens is 236 g/mol.